The van der Waals surface area contributed by atoms with Gasteiger partial charge in [-0.05, 0) is 13.0 Å². The van der Waals surface area contributed by atoms with E-state index in [1.165, 1.54) is 0 Å². The van der Waals surface area contributed by atoms with Crippen LogP contribution in [0, 0.1) is 0 Å². The Morgan fingerprint density at radius 3 is 2.48 bits per heavy atom. The highest BCUT2D eigenvalue weighted by molar-refractivity contribution is 5.97. The molecular weight excluding hydrogens is 312 g/mol. The van der Waals surface area contributed by atoms with Crippen LogP contribution in [0.15, 0.2) is 61.1 Å². The second-order valence-corrected chi connectivity index (χ2v) is 5.78. The fourth-order valence-corrected chi connectivity index (χ4v) is 3.19. The molecule has 0 aliphatic rings. The second kappa shape index (κ2) is 6.45. The zero-order valence-corrected chi connectivity index (χ0v) is 13.9. The lowest BCUT2D eigenvalue weighted by Crippen LogP contribution is -2.03. The van der Waals surface area contributed by atoms with Gasteiger partial charge in [0.2, 0.25) is 0 Å². The summed E-state index contributed by atoms with van der Waals surface area (Å²) < 4.78 is 1.88. The van der Waals surface area contributed by atoms with E-state index >= 15 is 0 Å². The monoisotopic (exact) mass is 330 g/mol. The molecular formula is C20H18N4O. The number of fused-ring (bicyclic) bond motifs is 1. The minimum absolute atomic E-state index is 0.102. The largest absolute Gasteiger partial charge is 0.392 e. The molecule has 0 bridgehead atoms. The van der Waals surface area contributed by atoms with Gasteiger partial charge < -0.3 is 5.11 Å². The summed E-state index contributed by atoms with van der Waals surface area (Å²) in [6.07, 6.45) is 5.38. The van der Waals surface area contributed by atoms with Crippen LogP contribution in [0.3, 0.4) is 0 Å². The molecule has 0 saturated carbocycles. The van der Waals surface area contributed by atoms with Crippen molar-refractivity contribution in [2.75, 3.05) is 0 Å². The lowest BCUT2D eigenvalue weighted by atomic mass is 9.95. The molecule has 0 aliphatic heterocycles. The summed E-state index contributed by atoms with van der Waals surface area (Å²) in [6.45, 7) is 2.67. The SMILES string of the molecule is CCn1ncc2c(-c3cccnc3)c(CO)c(-c3ccccc3)nc21. The third-order valence-electron chi connectivity index (χ3n) is 4.34. The third-order valence-corrected chi connectivity index (χ3v) is 4.34. The number of hydrogen-bond donors (Lipinski definition) is 1. The van der Waals surface area contributed by atoms with E-state index in [0.29, 0.717) is 0 Å². The van der Waals surface area contributed by atoms with E-state index in [9.17, 15) is 5.11 Å². The van der Waals surface area contributed by atoms with E-state index < -0.39 is 0 Å². The maximum Gasteiger partial charge on any atom is 0.159 e. The average Bonchev–Trinajstić information content (AvgIpc) is 3.10. The van der Waals surface area contributed by atoms with Crippen molar-refractivity contribution in [2.24, 2.45) is 0 Å². The van der Waals surface area contributed by atoms with Crippen molar-refractivity contribution in [2.45, 2.75) is 20.1 Å². The molecule has 0 atom stereocenters. The van der Waals surface area contributed by atoms with Crippen LogP contribution in [0.2, 0.25) is 0 Å². The van der Waals surface area contributed by atoms with Crippen LogP contribution in [0.4, 0.5) is 0 Å². The van der Waals surface area contributed by atoms with E-state index in [-0.39, 0.29) is 6.61 Å². The lowest BCUT2D eigenvalue weighted by molar-refractivity contribution is 0.282. The van der Waals surface area contributed by atoms with Crippen molar-refractivity contribution in [3.05, 3.63) is 66.6 Å². The van der Waals surface area contributed by atoms with E-state index in [1.54, 1.807) is 6.20 Å². The zero-order valence-electron chi connectivity index (χ0n) is 13.9. The number of aromatic nitrogens is 4. The first kappa shape index (κ1) is 15.5. The van der Waals surface area contributed by atoms with Crippen molar-refractivity contribution in [3.63, 3.8) is 0 Å². The normalized spacial score (nSPS) is 11.1. The maximum absolute atomic E-state index is 10.2. The highest BCUT2D eigenvalue weighted by atomic mass is 16.3. The molecule has 4 aromatic rings. The molecule has 25 heavy (non-hydrogen) atoms. The first-order valence-electron chi connectivity index (χ1n) is 8.28. The molecule has 5 nitrogen and oxygen atoms in total. The molecule has 5 heteroatoms. The van der Waals surface area contributed by atoms with Gasteiger partial charge in [-0.2, -0.15) is 5.10 Å². The number of nitrogens with zero attached hydrogens (tertiary/aromatic N) is 4. The molecule has 0 unspecified atom stereocenters. The van der Waals surface area contributed by atoms with Crippen molar-refractivity contribution in [3.8, 4) is 22.4 Å². The highest BCUT2D eigenvalue weighted by Gasteiger charge is 2.19. The quantitative estimate of drug-likeness (QED) is 0.620. The van der Waals surface area contributed by atoms with Gasteiger partial charge in [-0.25, -0.2) is 9.67 Å². The molecule has 4 rings (SSSR count). The van der Waals surface area contributed by atoms with Crippen LogP contribution in [-0.4, -0.2) is 24.9 Å². The van der Waals surface area contributed by atoms with Gasteiger partial charge in [0.25, 0.3) is 0 Å². The number of aryl methyl sites for hydroxylation is 1. The fraction of sp³-hybridized carbons (Fsp3) is 0.150. The van der Waals surface area contributed by atoms with Crippen LogP contribution in [0.25, 0.3) is 33.4 Å². The third kappa shape index (κ3) is 2.58. The first-order chi connectivity index (χ1) is 12.3. The molecule has 1 N–H and O–H groups in total. The number of pyridine rings is 2. The van der Waals surface area contributed by atoms with Crippen LogP contribution in [0.1, 0.15) is 12.5 Å². The van der Waals surface area contributed by atoms with Crippen molar-refractivity contribution in [1.29, 1.82) is 0 Å². The van der Waals surface area contributed by atoms with E-state index in [0.717, 1.165) is 45.5 Å². The number of rotatable bonds is 4. The van der Waals surface area contributed by atoms with Crippen LogP contribution in [0.5, 0.6) is 0 Å². The molecule has 0 spiro atoms. The molecule has 0 radical (unpaired) electrons. The molecule has 0 saturated heterocycles. The van der Waals surface area contributed by atoms with Crippen molar-refractivity contribution < 1.29 is 5.11 Å². The van der Waals surface area contributed by atoms with E-state index in [4.69, 9.17) is 4.98 Å². The van der Waals surface area contributed by atoms with Crippen molar-refractivity contribution >= 4 is 11.0 Å². The Balaban J connectivity index is 2.12. The number of aliphatic hydroxyl groups is 1. The summed E-state index contributed by atoms with van der Waals surface area (Å²) in [4.78, 5) is 9.10. The summed E-state index contributed by atoms with van der Waals surface area (Å²) in [5.74, 6) is 0. The predicted molar refractivity (Wildman–Crippen MR) is 97.8 cm³/mol. The average molecular weight is 330 g/mol. The van der Waals surface area contributed by atoms with Crippen LogP contribution >= 0.6 is 0 Å². The summed E-state index contributed by atoms with van der Waals surface area (Å²) in [5.41, 5.74) is 5.26. The molecule has 3 heterocycles. The number of aliphatic hydroxyl groups excluding tert-OH is 1. The van der Waals surface area contributed by atoms with Gasteiger partial charge in [-0.15, -0.1) is 0 Å². The second-order valence-electron chi connectivity index (χ2n) is 5.78. The zero-order chi connectivity index (χ0) is 17.2. The number of hydrogen-bond acceptors (Lipinski definition) is 4. The van der Waals surface area contributed by atoms with Gasteiger partial charge in [0.1, 0.15) is 0 Å². The minimum atomic E-state index is -0.102. The standard InChI is InChI=1S/C20H18N4O/c1-2-24-20-16(12-22-24)18(15-9-6-10-21-11-15)17(13-25)19(23-20)14-7-4-3-5-8-14/h3-12,25H,2,13H2,1H3. The molecule has 1 aromatic carbocycles. The van der Waals surface area contributed by atoms with Crippen LogP contribution < -0.4 is 0 Å². The predicted octanol–water partition coefficient (Wildman–Crippen LogP) is 3.67. The Kier molecular flexibility index (Phi) is 3.99. The summed E-state index contributed by atoms with van der Waals surface area (Å²) in [5, 5.41) is 15.5. The van der Waals surface area contributed by atoms with Gasteiger partial charge >= 0.3 is 0 Å². The van der Waals surface area contributed by atoms with E-state index in [2.05, 4.69) is 10.1 Å². The topological polar surface area (TPSA) is 63.8 Å². The maximum atomic E-state index is 10.2. The Labute approximate surface area is 145 Å². The highest BCUT2D eigenvalue weighted by Crippen LogP contribution is 2.36. The Morgan fingerprint density at radius 2 is 1.80 bits per heavy atom. The lowest BCUT2D eigenvalue weighted by Gasteiger charge is -2.15. The van der Waals surface area contributed by atoms with Gasteiger partial charge in [-0.1, -0.05) is 36.4 Å². The molecule has 124 valence electrons. The molecule has 0 fully saturated rings. The van der Waals surface area contributed by atoms with Gasteiger partial charge in [0.15, 0.2) is 5.65 Å². The summed E-state index contributed by atoms with van der Waals surface area (Å²) in [7, 11) is 0. The van der Waals surface area contributed by atoms with Gasteiger partial charge in [-0.3, -0.25) is 4.98 Å². The molecule has 0 amide bonds. The Bertz CT molecular complexity index is 1010. The fourth-order valence-electron chi connectivity index (χ4n) is 3.19. The first-order valence-corrected chi connectivity index (χ1v) is 8.28. The summed E-state index contributed by atoms with van der Waals surface area (Å²) in [6, 6.07) is 13.8. The molecule has 3 aromatic heterocycles. The Morgan fingerprint density at radius 1 is 1.00 bits per heavy atom. The van der Waals surface area contributed by atoms with E-state index in [1.807, 2.05) is 66.5 Å². The number of benzene rings is 1. The van der Waals surface area contributed by atoms with Gasteiger partial charge in [0, 0.05) is 46.6 Å². The molecule has 0 aliphatic carbocycles. The summed E-state index contributed by atoms with van der Waals surface area (Å²) >= 11 is 0. The van der Waals surface area contributed by atoms with Crippen LogP contribution in [-0.2, 0) is 13.2 Å². The van der Waals surface area contributed by atoms with Crippen molar-refractivity contribution in [1.82, 2.24) is 19.7 Å². The minimum Gasteiger partial charge on any atom is -0.392 e. The van der Waals surface area contributed by atoms with Gasteiger partial charge in [0.05, 0.1) is 18.5 Å². The Hall–Kier alpha value is -3.05. The smallest absolute Gasteiger partial charge is 0.159 e.